The summed E-state index contributed by atoms with van der Waals surface area (Å²) in [5.41, 5.74) is 3.41. The van der Waals surface area contributed by atoms with Gasteiger partial charge in [0.25, 0.3) is 0 Å². The van der Waals surface area contributed by atoms with Crippen molar-refractivity contribution < 1.29 is 4.74 Å². The van der Waals surface area contributed by atoms with E-state index in [1.54, 1.807) is 0 Å². The van der Waals surface area contributed by atoms with Crippen molar-refractivity contribution in [2.75, 3.05) is 44.7 Å². The topological polar surface area (TPSA) is 50.3 Å². The number of hydrogen-bond donors (Lipinski definition) is 1. The Bertz CT molecular complexity index is 622. The van der Waals surface area contributed by atoms with Crippen molar-refractivity contribution in [3.8, 4) is 0 Å². The Kier molecular flexibility index (Phi) is 9.75. The second kappa shape index (κ2) is 11.3. The largest absolute Gasteiger partial charge is 0.379 e. The van der Waals surface area contributed by atoms with Crippen LogP contribution in [0.25, 0.3) is 0 Å². The first-order chi connectivity index (χ1) is 11.3. The fourth-order valence-electron chi connectivity index (χ4n) is 2.76. The molecule has 1 aliphatic rings. The van der Waals surface area contributed by atoms with E-state index in [0.717, 1.165) is 62.9 Å². The third-order valence-electron chi connectivity index (χ3n) is 4.09. The van der Waals surface area contributed by atoms with Crippen LogP contribution in [0, 0.1) is 6.92 Å². The fourth-order valence-corrected chi connectivity index (χ4v) is 2.76. The van der Waals surface area contributed by atoms with Crippen LogP contribution in [0.3, 0.4) is 0 Å². The van der Waals surface area contributed by atoms with E-state index in [1.165, 1.54) is 5.56 Å². The van der Waals surface area contributed by atoms with Gasteiger partial charge in [-0.05, 0) is 24.1 Å². The molecule has 0 unspecified atom stereocenters. The van der Waals surface area contributed by atoms with Gasteiger partial charge in [-0.25, -0.2) is 0 Å². The summed E-state index contributed by atoms with van der Waals surface area (Å²) in [5.74, 6) is 0.884. The van der Waals surface area contributed by atoms with E-state index < -0.39 is 0 Å². The second-order valence-electron chi connectivity index (χ2n) is 5.91. The number of benzene rings is 1. The number of nitrogens with zero attached hydrogens (tertiary/aromatic N) is 3. The average molecular weight is 385 g/mol. The average Bonchev–Trinajstić information content (AvgIpc) is 2.59. The van der Waals surface area contributed by atoms with Crippen molar-refractivity contribution in [1.82, 2.24) is 15.1 Å². The molecule has 1 N–H and O–H groups in total. The quantitative estimate of drug-likeness (QED) is 0.829. The minimum atomic E-state index is 0. The van der Waals surface area contributed by atoms with Crippen LogP contribution in [0.1, 0.15) is 16.8 Å². The molecule has 1 aliphatic heterocycles. The monoisotopic (exact) mass is 384 g/mol. The van der Waals surface area contributed by atoms with Crippen LogP contribution >= 0.6 is 24.8 Å². The molecule has 5 nitrogen and oxygen atoms in total. The number of aryl methyl sites for hydroxylation is 1. The zero-order valence-corrected chi connectivity index (χ0v) is 16.1. The summed E-state index contributed by atoms with van der Waals surface area (Å²) in [5, 5.41) is 12.1. The standard InChI is InChI=1S/C18H24N4O.2ClH/c1-15-13-17(14-16-5-3-2-4-6-16)20-21-18(15)19-7-8-22-9-11-23-12-10-22;;/h2-6,13H,7-12,14H2,1H3,(H,19,21);2*1H. The molecule has 138 valence electrons. The molecule has 1 fully saturated rings. The summed E-state index contributed by atoms with van der Waals surface area (Å²) in [6.07, 6.45) is 0.822. The molecule has 0 amide bonds. The zero-order chi connectivity index (χ0) is 15.9. The van der Waals surface area contributed by atoms with E-state index in [-0.39, 0.29) is 24.8 Å². The summed E-state index contributed by atoms with van der Waals surface area (Å²) in [6, 6.07) is 12.5. The van der Waals surface area contributed by atoms with Gasteiger partial charge in [-0.3, -0.25) is 4.90 Å². The Morgan fingerprint density at radius 2 is 1.80 bits per heavy atom. The molecule has 0 spiro atoms. The normalized spacial score (nSPS) is 14.3. The van der Waals surface area contributed by atoms with Crippen molar-refractivity contribution >= 4 is 30.6 Å². The van der Waals surface area contributed by atoms with Gasteiger partial charge >= 0.3 is 0 Å². The summed E-state index contributed by atoms with van der Waals surface area (Å²) in [7, 11) is 0. The molecule has 0 aliphatic carbocycles. The van der Waals surface area contributed by atoms with Crippen LogP contribution in [-0.4, -0.2) is 54.5 Å². The van der Waals surface area contributed by atoms with Gasteiger partial charge in [0.1, 0.15) is 0 Å². The Labute approximate surface area is 162 Å². The summed E-state index contributed by atoms with van der Waals surface area (Å²) < 4.78 is 5.36. The molecule has 0 saturated carbocycles. The number of halogens is 2. The molecule has 1 saturated heterocycles. The minimum absolute atomic E-state index is 0. The van der Waals surface area contributed by atoms with Crippen LogP contribution in [0.15, 0.2) is 36.4 Å². The first-order valence-electron chi connectivity index (χ1n) is 8.22. The smallest absolute Gasteiger partial charge is 0.151 e. The predicted molar refractivity (Wildman–Crippen MR) is 106 cm³/mol. The molecule has 0 radical (unpaired) electrons. The maximum absolute atomic E-state index is 5.36. The van der Waals surface area contributed by atoms with Crippen LogP contribution < -0.4 is 5.32 Å². The van der Waals surface area contributed by atoms with Gasteiger partial charge in [0, 0.05) is 32.6 Å². The molecular formula is C18H26Cl2N4O. The van der Waals surface area contributed by atoms with Gasteiger partial charge < -0.3 is 10.1 Å². The number of rotatable bonds is 6. The third-order valence-corrected chi connectivity index (χ3v) is 4.09. The Balaban J connectivity index is 0.00000156. The summed E-state index contributed by atoms with van der Waals surface area (Å²) in [6.45, 7) is 7.69. The fraction of sp³-hybridized carbons (Fsp3) is 0.444. The molecule has 7 heteroatoms. The van der Waals surface area contributed by atoms with Crippen LogP contribution in [-0.2, 0) is 11.2 Å². The maximum atomic E-state index is 5.36. The molecule has 0 atom stereocenters. The molecule has 3 rings (SSSR count). The molecular weight excluding hydrogens is 359 g/mol. The van der Waals surface area contributed by atoms with Crippen molar-refractivity contribution in [3.05, 3.63) is 53.2 Å². The number of nitrogens with one attached hydrogen (secondary N) is 1. The van der Waals surface area contributed by atoms with Gasteiger partial charge in [-0.2, -0.15) is 5.10 Å². The second-order valence-corrected chi connectivity index (χ2v) is 5.91. The number of aromatic nitrogens is 2. The lowest BCUT2D eigenvalue weighted by Gasteiger charge is -2.26. The van der Waals surface area contributed by atoms with Crippen molar-refractivity contribution in [2.24, 2.45) is 0 Å². The first kappa shape index (κ1) is 21.6. The van der Waals surface area contributed by atoms with Crippen LogP contribution in [0.4, 0.5) is 5.82 Å². The third kappa shape index (κ3) is 6.78. The SMILES string of the molecule is Cc1cc(Cc2ccccc2)nnc1NCCN1CCOCC1.Cl.Cl. The summed E-state index contributed by atoms with van der Waals surface area (Å²) >= 11 is 0. The van der Waals surface area contributed by atoms with E-state index in [1.807, 2.05) is 6.07 Å². The van der Waals surface area contributed by atoms with Crippen LogP contribution in [0.2, 0.25) is 0 Å². The van der Waals surface area contributed by atoms with Crippen molar-refractivity contribution in [3.63, 3.8) is 0 Å². The molecule has 0 bridgehead atoms. The summed E-state index contributed by atoms with van der Waals surface area (Å²) in [4.78, 5) is 2.41. The highest BCUT2D eigenvalue weighted by molar-refractivity contribution is 5.85. The lowest BCUT2D eigenvalue weighted by molar-refractivity contribution is 0.0398. The van der Waals surface area contributed by atoms with Crippen LogP contribution in [0.5, 0.6) is 0 Å². The molecule has 2 aromatic rings. The first-order valence-corrected chi connectivity index (χ1v) is 8.22. The van der Waals surface area contributed by atoms with Gasteiger partial charge in [0.05, 0.1) is 18.9 Å². The van der Waals surface area contributed by atoms with E-state index in [9.17, 15) is 0 Å². The number of morpholine rings is 1. The predicted octanol–water partition coefficient (Wildman–Crippen LogP) is 2.96. The van der Waals surface area contributed by atoms with E-state index in [4.69, 9.17) is 4.74 Å². The van der Waals surface area contributed by atoms with E-state index in [2.05, 4.69) is 57.7 Å². The van der Waals surface area contributed by atoms with Gasteiger partial charge in [0.2, 0.25) is 0 Å². The highest BCUT2D eigenvalue weighted by Gasteiger charge is 2.10. The van der Waals surface area contributed by atoms with Crippen molar-refractivity contribution in [1.29, 1.82) is 0 Å². The Morgan fingerprint density at radius 1 is 1.08 bits per heavy atom. The zero-order valence-electron chi connectivity index (χ0n) is 14.5. The van der Waals surface area contributed by atoms with Gasteiger partial charge in [-0.15, -0.1) is 29.9 Å². The van der Waals surface area contributed by atoms with E-state index in [0.29, 0.717) is 0 Å². The van der Waals surface area contributed by atoms with Gasteiger partial charge in [-0.1, -0.05) is 30.3 Å². The highest BCUT2D eigenvalue weighted by Crippen LogP contribution is 2.13. The number of anilines is 1. The molecule has 25 heavy (non-hydrogen) atoms. The molecule has 2 heterocycles. The van der Waals surface area contributed by atoms with E-state index >= 15 is 0 Å². The van der Waals surface area contributed by atoms with Gasteiger partial charge in [0.15, 0.2) is 5.82 Å². The Hall–Kier alpha value is -1.40. The lowest BCUT2D eigenvalue weighted by Crippen LogP contribution is -2.39. The molecule has 1 aromatic carbocycles. The minimum Gasteiger partial charge on any atom is -0.379 e. The number of hydrogen-bond acceptors (Lipinski definition) is 5. The molecule has 1 aromatic heterocycles. The lowest BCUT2D eigenvalue weighted by atomic mass is 10.1. The number of ether oxygens (including phenoxy) is 1. The highest BCUT2D eigenvalue weighted by atomic mass is 35.5. The maximum Gasteiger partial charge on any atom is 0.151 e. The van der Waals surface area contributed by atoms with Crippen molar-refractivity contribution in [2.45, 2.75) is 13.3 Å². The Morgan fingerprint density at radius 3 is 2.48 bits per heavy atom.